The topological polar surface area (TPSA) is 101 Å². The summed E-state index contributed by atoms with van der Waals surface area (Å²) in [6.45, 7) is 0. The Morgan fingerprint density at radius 3 is 2.30 bits per heavy atom. The monoisotopic (exact) mass is 551 g/mol. The molecule has 2 aromatic rings. The lowest BCUT2D eigenvalue weighted by Gasteiger charge is -2.42. The molecular weight excluding hydrogens is 524 g/mol. The molecule has 37 heavy (non-hydrogen) atoms. The maximum absolute atomic E-state index is 13.7. The van der Waals surface area contributed by atoms with Crippen LogP contribution < -0.4 is 5.32 Å². The number of hydrogen-bond donors (Lipinski definition) is 2. The Morgan fingerprint density at radius 1 is 1.00 bits per heavy atom. The zero-order valence-electron chi connectivity index (χ0n) is 20.1. The molecule has 0 heterocycles. The van der Waals surface area contributed by atoms with Crippen LogP contribution in [0.3, 0.4) is 0 Å². The molecule has 2 unspecified atom stereocenters. The minimum atomic E-state index is -3.94. The lowest BCUT2D eigenvalue weighted by Crippen LogP contribution is -2.48. The SMILES string of the molecule is O=C(Nc1ccc(F)c(F)c1)c1ccc(Cl)c(S(=O)(=O)C2CC3CCC(C2)C3(O)CCC(=O)C2CC2)c1. The number of aliphatic hydroxyl groups is 1. The molecule has 2 atom stereocenters. The van der Waals surface area contributed by atoms with Crippen molar-refractivity contribution in [1.29, 1.82) is 0 Å². The summed E-state index contributed by atoms with van der Waals surface area (Å²) in [4.78, 5) is 24.8. The predicted molar refractivity (Wildman–Crippen MR) is 134 cm³/mol. The minimum Gasteiger partial charge on any atom is -0.389 e. The second kappa shape index (κ2) is 9.75. The van der Waals surface area contributed by atoms with Crippen molar-refractivity contribution >= 4 is 38.8 Å². The van der Waals surface area contributed by atoms with Crippen LogP contribution in [0.2, 0.25) is 5.02 Å². The molecular formula is C27H28ClF2NO5S. The lowest BCUT2D eigenvalue weighted by molar-refractivity contribution is -0.123. The van der Waals surface area contributed by atoms with E-state index in [1.54, 1.807) is 0 Å². The van der Waals surface area contributed by atoms with Gasteiger partial charge in [-0.2, -0.15) is 0 Å². The molecule has 2 N–H and O–H groups in total. The van der Waals surface area contributed by atoms with Gasteiger partial charge in [0.2, 0.25) is 0 Å². The highest BCUT2D eigenvalue weighted by Crippen LogP contribution is 2.54. The molecule has 3 fully saturated rings. The standard InChI is InChI=1S/C27H28ClF2NO5S/c28-21-7-3-16(26(33)31-19-6-8-22(29)23(30)14-19)11-25(21)37(35,36)20-12-17-4-5-18(13-20)27(17,34)10-9-24(32)15-1-2-15/h3,6-8,11,14-15,17-18,20,34H,1-2,4-5,9-10,12-13H2,(H,31,33). The fraction of sp³-hybridized carbons (Fsp3) is 0.481. The third-order valence-corrected chi connectivity index (χ3v) is 10.9. The molecule has 0 radical (unpaired) electrons. The Morgan fingerprint density at radius 2 is 1.68 bits per heavy atom. The first kappa shape index (κ1) is 26.3. The number of benzene rings is 2. The van der Waals surface area contributed by atoms with E-state index in [0.717, 1.165) is 25.0 Å². The molecule has 0 spiro atoms. The van der Waals surface area contributed by atoms with Crippen molar-refractivity contribution in [1.82, 2.24) is 0 Å². The van der Waals surface area contributed by atoms with Gasteiger partial charge in [0, 0.05) is 29.7 Å². The summed E-state index contributed by atoms with van der Waals surface area (Å²) < 4.78 is 54.0. The quantitative estimate of drug-likeness (QED) is 0.462. The van der Waals surface area contributed by atoms with E-state index in [9.17, 15) is 31.9 Å². The normalized spacial score (nSPS) is 27.2. The predicted octanol–water partition coefficient (Wildman–Crippen LogP) is 5.32. The Labute approximate surface area is 219 Å². The molecule has 6 nitrogen and oxygen atoms in total. The van der Waals surface area contributed by atoms with Gasteiger partial charge >= 0.3 is 0 Å². The van der Waals surface area contributed by atoms with Crippen LogP contribution in [0.5, 0.6) is 0 Å². The Balaban J connectivity index is 1.33. The number of hydrogen-bond acceptors (Lipinski definition) is 5. The van der Waals surface area contributed by atoms with E-state index in [1.807, 2.05) is 0 Å². The lowest BCUT2D eigenvalue weighted by atomic mass is 9.71. The van der Waals surface area contributed by atoms with E-state index in [4.69, 9.17) is 11.6 Å². The zero-order valence-corrected chi connectivity index (χ0v) is 21.6. The number of sulfone groups is 1. The highest BCUT2D eigenvalue weighted by Gasteiger charge is 2.55. The summed E-state index contributed by atoms with van der Waals surface area (Å²) >= 11 is 6.28. The van der Waals surface area contributed by atoms with E-state index >= 15 is 0 Å². The highest BCUT2D eigenvalue weighted by molar-refractivity contribution is 7.92. The van der Waals surface area contributed by atoms with E-state index in [-0.39, 0.29) is 57.5 Å². The second-order valence-corrected chi connectivity index (χ2v) is 13.2. The molecule has 0 saturated heterocycles. The number of anilines is 1. The van der Waals surface area contributed by atoms with Gasteiger partial charge < -0.3 is 10.4 Å². The van der Waals surface area contributed by atoms with Gasteiger partial charge in [0.25, 0.3) is 5.91 Å². The Kier molecular flexibility index (Phi) is 6.92. The van der Waals surface area contributed by atoms with Crippen molar-refractivity contribution in [2.24, 2.45) is 17.8 Å². The number of carbonyl (C=O) groups is 2. The largest absolute Gasteiger partial charge is 0.389 e. The van der Waals surface area contributed by atoms with Gasteiger partial charge in [0.05, 0.1) is 20.8 Å². The van der Waals surface area contributed by atoms with Crippen molar-refractivity contribution < 1.29 is 31.9 Å². The van der Waals surface area contributed by atoms with Crippen LogP contribution in [0.4, 0.5) is 14.5 Å². The first-order valence-electron chi connectivity index (χ1n) is 12.5. The summed E-state index contributed by atoms with van der Waals surface area (Å²) in [5.74, 6) is -3.01. The molecule has 2 bridgehead atoms. The van der Waals surface area contributed by atoms with Crippen LogP contribution in [0, 0.1) is 29.4 Å². The van der Waals surface area contributed by atoms with Gasteiger partial charge in [-0.15, -0.1) is 0 Å². The third kappa shape index (κ3) is 5.05. The van der Waals surface area contributed by atoms with Crippen molar-refractivity contribution in [2.75, 3.05) is 5.32 Å². The summed E-state index contributed by atoms with van der Waals surface area (Å²) in [5, 5.41) is 13.1. The van der Waals surface area contributed by atoms with Gasteiger partial charge in [-0.05, 0) is 87.1 Å². The van der Waals surface area contributed by atoms with Crippen LogP contribution in [0.1, 0.15) is 61.7 Å². The molecule has 10 heteroatoms. The van der Waals surface area contributed by atoms with Crippen molar-refractivity contribution in [3.63, 3.8) is 0 Å². The van der Waals surface area contributed by atoms with E-state index in [2.05, 4.69) is 5.32 Å². The van der Waals surface area contributed by atoms with Crippen molar-refractivity contribution in [3.05, 3.63) is 58.6 Å². The maximum Gasteiger partial charge on any atom is 0.255 e. The number of amides is 1. The van der Waals surface area contributed by atoms with Gasteiger partial charge in [0.15, 0.2) is 21.5 Å². The summed E-state index contributed by atoms with van der Waals surface area (Å²) in [6, 6.07) is 6.79. The van der Waals surface area contributed by atoms with E-state index < -0.39 is 38.2 Å². The fourth-order valence-corrected chi connectivity index (χ4v) is 8.43. The highest BCUT2D eigenvalue weighted by atomic mass is 35.5. The average molecular weight is 552 g/mol. The van der Waals surface area contributed by atoms with Gasteiger partial charge in [-0.25, -0.2) is 17.2 Å². The van der Waals surface area contributed by atoms with Crippen LogP contribution in [0.15, 0.2) is 41.3 Å². The molecule has 5 rings (SSSR count). The average Bonchev–Trinajstić information content (AvgIpc) is 3.68. The van der Waals surface area contributed by atoms with Crippen LogP contribution in [0.25, 0.3) is 0 Å². The smallest absolute Gasteiger partial charge is 0.255 e. The number of Topliss-reactive ketones (excluding diaryl/α,β-unsaturated/α-hetero) is 1. The summed E-state index contributed by atoms with van der Waals surface area (Å²) in [5.41, 5.74) is -1.01. The number of carbonyl (C=O) groups excluding carboxylic acids is 2. The molecule has 1 amide bonds. The molecule has 3 saturated carbocycles. The van der Waals surface area contributed by atoms with Crippen molar-refractivity contribution in [2.45, 2.75) is 67.1 Å². The third-order valence-electron chi connectivity index (χ3n) is 8.29. The molecule has 3 aliphatic rings. The Hall–Kier alpha value is -2.36. The van der Waals surface area contributed by atoms with E-state index in [0.29, 0.717) is 25.7 Å². The number of ketones is 1. The van der Waals surface area contributed by atoms with Gasteiger partial charge in [-0.3, -0.25) is 9.59 Å². The van der Waals surface area contributed by atoms with Crippen LogP contribution in [-0.2, 0) is 14.6 Å². The zero-order chi connectivity index (χ0) is 26.5. The van der Waals surface area contributed by atoms with Gasteiger partial charge in [-0.1, -0.05) is 11.6 Å². The van der Waals surface area contributed by atoms with E-state index in [1.165, 1.54) is 24.3 Å². The fourth-order valence-electron chi connectivity index (χ4n) is 6.02. The first-order chi connectivity index (χ1) is 17.5. The number of nitrogens with one attached hydrogen (secondary N) is 1. The van der Waals surface area contributed by atoms with Crippen molar-refractivity contribution in [3.8, 4) is 0 Å². The number of halogens is 3. The molecule has 0 aromatic heterocycles. The Bertz CT molecular complexity index is 1350. The maximum atomic E-state index is 13.7. The number of fused-ring (bicyclic) bond motifs is 2. The molecule has 2 aromatic carbocycles. The van der Waals surface area contributed by atoms with Crippen LogP contribution in [-0.4, -0.2) is 36.1 Å². The second-order valence-electron chi connectivity index (χ2n) is 10.6. The molecule has 0 aliphatic heterocycles. The molecule has 198 valence electrons. The summed E-state index contributed by atoms with van der Waals surface area (Å²) in [7, 11) is -3.94. The first-order valence-corrected chi connectivity index (χ1v) is 14.5. The minimum absolute atomic E-state index is 0.00147. The molecule has 3 aliphatic carbocycles. The van der Waals surface area contributed by atoms with Crippen LogP contribution >= 0.6 is 11.6 Å². The summed E-state index contributed by atoms with van der Waals surface area (Å²) in [6.07, 6.45) is 4.46. The number of rotatable bonds is 8. The van der Waals surface area contributed by atoms with Gasteiger partial charge in [0.1, 0.15) is 5.78 Å².